The standard InChI is InChI=1S/C11H16N2/c12-8-10-6-4-2-1-3-5-7-11(10)9-13/h10-11H,1-7H2. The van der Waals surface area contributed by atoms with Crippen LogP contribution < -0.4 is 0 Å². The predicted molar refractivity (Wildman–Crippen MR) is 50.5 cm³/mol. The van der Waals surface area contributed by atoms with Crippen LogP contribution in [0.25, 0.3) is 0 Å². The van der Waals surface area contributed by atoms with E-state index < -0.39 is 0 Å². The van der Waals surface area contributed by atoms with E-state index in [0.29, 0.717) is 0 Å². The number of hydrogen-bond acceptors (Lipinski definition) is 2. The molecular weight excluding hydrogens is 160 g/mol. The van der Waals surface area contributed by atoms with Gasteiger partial charge >= 0.3 is 0 Å². The highest BCUT2D eigenvalue weighted by Gasteiger charge is 2.21. The summed E-state index contributed by atoms with van der Waals surface area (Å²) in [6, 6.07) is 4.56. The summed E-state index contributed by atoms with van der Waals surface area (Å²) in [5.41, 5.74) is 0. The Hall–Kier alpha value is -1.02. The Balaban J connectivity index is 2.55. The Morgan fingerprint density at radius 2 is 1.08 bits per heavy atom. The van der Waals surface area contributed by atoms with Gasteiger partial charge in [-0.3, -0.25) is 0 Å². The van der Waals surface area contributed by atoms with Crippen LogP contribution in [0.5, 0.6) is 0 Å². The van der Waals surface area contributed by atoms with Gasteiger partial charge in [-0.2, -0.15) is 10.5 Å². The van der Waals surface area contributed by atoms with Crippen molar-refractivity contribution >= 4 is 0 Å². The molecule has 0 N–H and O–H groups in total. The zero-order chi connectivity index (χ0) is 9.52. The van der Waals surface area contributed by atoms with Gasteiger partial charge in [-0.1, -0.05) is 32.1 Å². The monoisotopic (exact) mass is 176 g/mol. The second-order valence-electron chi connectivity index (χ2n) is 3.82. The lowest BCUT2D eigenvalue weighted by molar-refractivity contribution is 0.430. The van der Waals surface area contributed by atoms with Crippen LogP contribution in [0.15, 0.2) is 0 Å². The Bertz CT molecular complexity index is 197. The molecule has 1 fully saturated rings. The van der Waals surface area contributed by atoms with Crippen molar-refractivity contribution in [2.75, 3.05) is 0 Å². The van der Waals surface area contributed by atoms with E-state index in [0.717, 1.165) is 25.7 Å². The van der Waals surface area contributed by atoms with Crippen LogP contribution >= 0.6 is 0 Å². The molecule has 0 saturated heterocycles. The number of nitriles is 2. The second kappa shape index (κ2) is 5.60. The molecule has 2 unspecified atom stereocenters. The third-order valence-electron chi connectivity index (χ3n) is 2.85. The molecule has 70 valence electrons. The van der Waals surface area contributed by atoms with Crippen molar-refractivity contribution in [1.82, 2.24) is 0 Å². The summed E-state index contributed by atoms with van der Waals surface area (Å²) >= 11 is 0. The van der Waals surface area contributed by atoms with Gasteiger partial charge in [0.05, 0.1) is 24.0 Å². The van der Waals surface area contributed by atoms with E-state index >= 15 is 0 Å². The summed E-state index contributed by atoms with van der Waals surface area (Å²) in [7, 11) is 0. The molecule has 0 spiro atoms. The largest absolute Gasteiger partial charge is 0.198 e. The fourth-order valence-corrected chi connectivity index (χ4v) is 1.97. The molecule has 0 aromatic carbocycles. The van der Waals surface area contributed by atoms with Crippen molar-refractivity contribution in [3.63, 3.8) is 0 Å². The maximum Gasteiger partial charge on any atom is 0.0669 e. The first-order chi connectivity index (χ1) is 6.38. The third kappa shape index (κ3) is 3.07. The van der Waals surface area contributed by atoms with Gasteiger partial charge in [-0.15, -0.1) is 0 Å². The molecular formula is C11H16N2. The second-order valence-corrected chi connectivity index (χ2v) is 3.82. The van der Waals surface area contributed by atoms with Gasteiger partial charge in [0.15, 0.2) is 0 Å². The maximum absolute atomic E-state index is 8.90. The lowest BCUT2D eigenvalue weighted by Gasteiger charge is -2.12. The maximum atomic E-state index is 8.90. The van der Waals surface area contributed by atoms with E-state index in [2.05, 4.69) is 12.1 Å². The zero-order valence-corrected chi connectivity index (χ0v) is 8.00. The van der Waals surface area contributed by atoms with Gasteiger partial charge in [0, 0.05) is 0 Å². The fraction of sp³-hybridized carbons (Fsp3) is 0.818. The Morgan fingerprint density at radius 1 is 0.692 bits per heavy atom. The average Bonchev–Trinajstić information content (AvgIpc) is 2.28. The van der Waals surface area contributed by atoms with Crippen molar-refractivity contribution < 1.29 is 0 Å². The third-order valence-corrected chi connectivity index (χ3v) is 2.85. The lowest BCUT2D eigenvalue weighted by atomic mass is 9.88. The number of nitrogens with zero attached hydrogens (tertiary/aromatic N) is 2. The fourth-order valence-electron chi connectivity index (χ4n) is 1.97. The van der Waals surface area contributed by atoms with Crippen LogP contribution in [-0.4, -0.2) is 0 Å². The molecule has 0 aromatic heterocycles. The highest BCUT2D eigenvalue weighted by atomic mass is 14.3. The van der Waals surface area contributed by atoms with Crippen molar-refractivity contribution in [1.29, 1.82) is 10.5 Å². The molecule has 0 aromatic rings. The van der Waals surface area contributed by atoms with Crippen molar-refractivity contribution in [2.24, 2.45) is 11.8 Å². The summed E-state index contributed by atoms with van der Waals surface area (Å²) < 4.78 is 0. The summed E-state index contributed by atoms with van der Waals surface area (Å²) in [6.45, 7) is 0. The molecule has 0 heterocycles. The van der Waals surface area contributed by atoms with Crippen molar-refractivity contribution in [3.05, 3.63) is 0 Å². The molecule has 1 rings (SSSR count). The minimum absolute atomic E-state index is 0.0110. The molecule has 1 saturated carbocycles. The highest BCUT2D eigenvalue weighted by molar-refractivity contribution is 4.98. The van der Waals surface area contributed by atoms with E-state index in [9.17, 15) is 0 Å². The van der Waals surface area contributed by atoms with Crippen LogP contribution in [0, 0.1) is 34.5 Å². The molecule has 2 atom stereocenters. The van der Waals surface area contributed by atoms with Gasteiger partial charge in [0.25, 0.3) is 0 Å². The lowest BCUT2D eigenvalue weighted by Crippen LogP contribution is -2.10. The van der Waals surface area contributed by atoms with E-state index in [-0.39, 0.29) is 11.8 Å². The first-order valence-corrected chi connectivity index (χ1v) is 5.17. The van der Waals surface area contributed by atoms with Gasteiger partial charge in [-0.25, -0.2) is 0 Å². The Kier molecular flexibility index (Phi) is 4.33. The van der Waals surface area contributed by atoms with Crippen molar-refractivity contribution in [3.8, 4) is 12.1 Å². The smallest absolute Gasteiger partial charge is 0.0669 e. The van der Waals surface area contributed by atoms with Crippen LogP contribution in [-0.2, 0) is 0 Å². The van der Waals surface area contributed by atoms with Crippen molar-refractivity contribution in [2.45, 2.75) is 44.9 Å². The van der Waals surface area contributed by atoms with Gasteiger partial charge < -0.3 is 0 Å². The first-order valence-electron chi connectivity index (χ1n) is 5.17. The molecule has 1 aliphatic rings. The molecule has 0 bridgehead atoms. The van der Waals surface area contributed by atoms with Gasteiger partial charge in [0.1, 0.15) is 0 Å². The Morgan fingerprint density at radius 3 is 1.46 bits per heavy atom. The summed E-state index contributed by atoms with van der Waals surface area (Å²) in [6.07, 6.45) is 7.83. The number of hydrogen-bond donors (Lipinski definition) is 0. The summed E-state index contributed by atoms with van der Waals surface area (Å²) in [5.74, 6) is -0.0220. The normalized spacial score (nSPS) is 30.3. The molecule has 0 amide bonds. The van der Waals surface area contributed by atoms with E-state index in [1.54, 1.807) is 0 Å². The van der Waals surface area contributed by atoms with Crippen LogP contribution in [0.3, 0.4) is 0 Å². The van der Waals surface area contributed by atoms with Gasteiger partial charge in [0.2, 0.25) is 0 Å². The molecule has 2 heteroatoms. The quantitative estimate of drug-likeness (QED) is 0.569. The molecule has 0 radical (unpaired) electrons. The predicted octanol–water partition coefficient (Wildman–Crippen LogP) is 3.01. The SMILES string of the molecule is N#CC1CCCCCCCC1C#N. The molecule has 1 aliphatic carbocycles. The molecule has 2 nitrogen and oxygen atoms in total. The first kappa shape index (κ1) is 10.1. The van der Waals surface area contributed by atoms with Crippen LogP contribution in [0.2, 0.25) is 0 Å². The summed E-state index contributed by atoms with van der Waals surface area (Å²) in [5, 5.41) is 17.8. The van der Waals surface area contributed by atoms with E-state index in [1.165, 1.54) is 19.3 Å². The zero-order valence-electron chi connectivity index (χ0n) is 8.00. The molecule has 13 heavy (non-hydrogen) atoms. The highest BCUT2D eigenvalue weighted by Crippen LogP contribution is 2.26. The van der Waals surface area contributed by atoms with Crippen LogP contribution in [0.4, 0.5) is 0 Å². The average molecular weight is 176 g/mol. The Labute approximate surface area is 80.2 Å². The summed E-state index contributed by atoms with van der Waals surface area (Å²) in [4.78, 5) is 0. The van der Waals surface area contributed by atoms with Crippen LogP contribution in [0.1, 0.15) is 44.9 Å². The topological polar surface area (TPSA) is 47.6 Å². The number of rotatable bonds is 0. The minimum Gasteiger partial charge on any atom is -0.198 e. The van der Waals surface area contributed by atoms with E-state index in [1.807, 2.05) is 0 Å². The van der Waals surface area contributed by atoms with E-state index in [4.69, 9.17) is 10.5 Å². The minimum atomic E-state index is -0.0110. The molecule has 0 aliphatic heterocycles. The van der Waals surface area contributed by atoms with Gasteiger partial charge in [-0.05, 0) is 12.8 Å².